The molecule has 1 heterocycles. The number of nitrogens with one attached hydrogen (secondary N) is 1. The number of anilines is 1. The predicted molar refractivity (Wildman–Crippen MR) is 115 cm³/mol. The molecule has 3 unspecified atom stereocenters. The minimum absolute atomic E-state index is 0.499. The largest absolute Gasteiger partial charge is 0.336 e. The molecule has 0 spiro atoms. The Morgan fingerprint density at radius 1 is 1.23 bits per heavy atom. The fourth-order valence-electron chi connectivity index (χ4n) is 4.11. The first-order chi connectivity index (χ1) is 12.7. The van der Waals surface area contributed by atoms with Gasteiger partial charge in [0.25, 0.3) is 0 Å². The zero-order valence-electron chi connectivity index (χ0n) is 15.6. The quantitative estimate of drug-likeness (QED) is 0.666. The van der Waals surface area contributed by atoms with E-state index in [4.69, 9.17) is 17.5 Å². The van der Waals surface area contributed by atoms with Gasteiger partial charge in [-0.25, -0.2) is 0 Å². The molecular weight excluding hydrogens is 358 g/mol. The second-order valence-electron chi connectivity index (χ2n) is 7.66. The van der Waals surface area contributed by atoms with Crippen molar-refractivity contribution in [2.24, 2.45) is 11.8 Å². The third kappa shape index (κ3) is 5.14. The number of nitrogens with zero attached hydrogens (tertiary/aromatic N) is 2. The Kier molecular flexibility index (Phi) is 7.22. The highest BCUT2D eigenvalue weighted by Crippen LogP contribution is 2.37. The summed E-state index contributed by atoms with van der Waals surface area (Å²) in [5.74, 6) is 2.74. The summed E-state index contributed by atoms with van der Waals surface area (Å²) in [5, 5.41) is 13.8. The molecule has 1 saturated carbocycles. The first kappa shape index (κ1) is 19.5. The highest BCUT2D eigenvalue weighted by atomic mass is 32.2. The summed E-state index contributed by atoms with van der Waals surface area (Å²) in [6, 6.07) is 9.76. The van der Waals surface area contributed by atoms with Gasteiger partial charge in [0.2, 0.25) is 0 Å². The number of rotatable bonds is 2. The smallest absolute Gasteiger partial charge is 0.174 e. The van der Waals surface area contributed by atoms with Gasteiger partial charge >= 0.3 is 0 Å². The molecule has 2 fully saturated rings. The highest BCUT2D eigenvalue weighted by molar-refractivity contribution is 8.00. The first-order valence-corrected chi connectivity index (χ1v) is 11.3. The van der Waals surface area contributed by atoms with E-state index in [0.29, 0.717) is 10.9 Å². The van der Waals surface area contributed by atoms with Crippen LogP contribution >= 0.6 is 24.0 Å². The average molecular weight is 388 g/mol. The molecule has 0 radical (unpaired) electrons. The molecule has 26 heavy (non-hydrogen) atoms. The van der Waals surface area contributed by atoms with Crippen LogP contribution in [-0.2, 0) is 0 Å². The van der Waals surface area contributed by atoms with Crippen molar-refractivity contribution in [3.8, 4) is 6.07 Å². The molecule has 3 rings (SSSR count). The van der Waals surface area contributed by atoms with Crippen molar-refractivity contribution in [1.29, 1.82) is 5.26 Å². The summed E-state index contributed by atoms with van der Waals surface area (Å²) in [6.45, 7) is 3.43. The van der Waals surface area contributed by atoms with Gasteiger partial charge in [0.15, 0.2) is 5.11 Å². The van der Waals surface area contributed by atoms with Gasteiger partial charge in [-0.05, 0) is 55.1 Å². The van der Waals surface area contributed by atoms with E-state index < -0.39 is 0 Å². The van der Waals surface area contributed by atoms with Crippen LogP contribution in [0.15, 0.2) is 24.3 Å². The average Bonchev–Trinajstić information content (AvgIpc) is 3.15. The second kappa shape index (κ2) is 9.62. The number of hydrogen-bond donors (Lipinski definition) is 1. The predicted octanol–water partition coefficient (Wildman–Crippen LogP) is 5.63. The third-order valence-electron chi connectivity index (χ3n) is 5.64. The molecule has 1 aromatic rings. The van der Waals surface area contributed by atoms with Gasteiger partial charge in [-0.1, -0.05) is 45.1 Å². The molecule has 5 heteroatoms. The van der Waals surface area contributed by atoms with E-state index in [0.717, 1.165) is 34.9 Å². The van der Waals surface area contributed by atoms with Gasteiger partial charge in [-0.3, -0.25) is 0 Å². The number of benzene rings is 1. The van der Waals surface area contributed by atoms with Crippen molar-refractivity contribution in [2.75, 3.05) is 17.6 Å². The van der Waals surface area contributed by atoms with E-state index in [2.05, 4.69) is 35.0 Å². The zero-order valence-corrected chi connectivity index (χ0v) is 17.2. The van der Waals surface area contributed by atoms with Crippen LogP contribution in [0.2, 0.25) is 0 Å². The molecular formula is C21H29N3S2. The molecule has 140 valence electrons. The number of nitriles is 1. The van der Waals surface area contributed by atoms with Gasteiger partial charge in [-0.15, -0.1) is 11.8 Å². The van der Waals surface area contributed by atoms with Crippen LogP contribution in [0, 0.1) is 23.2 Å². The van der Waals surface area contributed by atoms with Gasteiger partial charge in [0.1, 0.15) is 0 Å². The van der Waals surface area contributed by atoms with Crippen molar-refractivity contribution in [3.05, 3.63) is 29.8 Å². The second-order valence-corrected chi connectivity index (χ2v) is 9.27. The molecule has 1 aliphatic carbocycles. The Balaban J connectivity index is 1.66. The van der Waals surface area contributed by atoms with E-state index in [-0.39, 0.29) is 0 Å². The third-order valence-corrected chi connectivity index (χ3v) is 7.37. The summed E-state index contributed by atoms with van der Waals surface area (Å²) >= 11 is 7.82. The Labute approximate surface area is 167 Å². The lowest BCUT2D eigenvalue weighted by Gasteiger charge is -2.33. The molecule has 2 aliphatic rings. The van der Waals surface area contributed by atoms with E-state index in [1.165, 1.54) is 44.9 Å². The van der Waals surface area contributed by atoms with Crippen LogP contribution in [0.25, 0.3) is 0 Å². The molecule has 1 saturated heterocycles. The summed E-state index contributed by atoms with van der Waals surface area (Å²) in [5.41, 5.74) is 1.57. The van der Waals surface area contributed by atoms with E-state index in [9.17, 15) is 0 Å². The molecule has 0 aromatic heterocycles. The summed E-state index contributed by atoms with van der Waals surface area (Å²) in [6.07, 6.45) is 9.51. The van der Waals surface area contributed by atoms with Crippen LogP contribution in [-0.4, -0.2) is 27.7 Å². The maximum absolute atomic E-state index is 9.09. The van der Waals surface area contributed by atoms with Crippen LogP contribution < -0.4 is 5.32 Å². The normalized spacial score (nSPS) is 27.1. The molecule has 0 amide bonds. The highest BCUT2D eigenvalue weighted by Gasteiger charge is 2.34. The Morgan fingerprint density at radius 3 is 2.92 bits per heavy atom. The lowest BCUT2D eigenvalue weighted by molar-refractivity contribution is 0.290. The van der Waals surface area contributed by atoms with E-state index in [1.807, 2.05) is 24.3 Å². The summed E-state index contributed by atoms with van der Waals surface area (Å²) in [4.78, 5) is 2.40. The van der Waals surface area contributed by atoms with Crippen LogP contribution in [0.1, 0.15) is 57.4 Å². The van der Waals surface area contributed by atoms with Gasteiger partial charge in [-0.2, -0.15) is 5.26 Å². The lowest BCUT2D eigenvalue weighted by atomic mass is 9.93. The molecule has 3 atom stereocenters. The lowest BCUT2D eigenvalue weighted by Crippen LogP contribution is -2.41. The van der Waals surface area contributed by atoms with Crippen molar-refractivity contribution >= 4 is 34.8 Å². The fourth-order valence-corrected chi connectivity index (χ4v) is 5.98. The summed E-state index contributed by atoms with van der Waals surface area (Å²) in [7, 11) is 0. The van der Waals surface area contributed by atoms with Crippen LogP contribution in [0.5, 0.6) is 0 Å². The zero-order chi connectivity index (χ0) is 18.4. The minimum atomic E-state index is 0.499. The number of thiocarbonyl (C=S) groups is 1. The molecule has 3 nitrogen and oxygen atoms in total. The fraction of sp³-hybridized carbons (Fsp3) is 0.619. The molecule has 1 aliphatic heterocycles. The SMILES string of the molecule is CC1CCCCCC(C2SCCN2C(=S)Nc2cccc(C#N)c2)CC1. The van der Waals surface area contributed by atoms with Crippen LogP contribution in [0.4, 0.5) is 5.69 Å². The van der Waals surface area contributed by atoms with E-state index >= 15 is 0 Å². The Hall–Kier alpha value is -1.25. The van der Waals surface area contributed by atoms with Gasteiger partial charge < -0.3 is 10.2 Å². The molecule has 1 N–H and O–H groups in total. The standard InChI is InChI=1S/C21H29N3S2/c1-16-6-3-2-4-8-18(11-10-16)20-24(12-13-26-20)21(25)23-19-9-5-7-17(14-19)15-22/h5,7,9,14,16,18,20H,2-4,6,8,10-13H2,1H3,(H,23,25). The maximum atomic E-state index is 9.09. The Morgan fingerprint density at radius 2 is 2.08 bits per heavy atom. The van der Waals surface area contributed by atoms with Gasteiger partial charge in [0, 0.05) is 18.0 Å². The number of hydrogen-bond acceptors (Lipinski definition) is 3. The topological polar surface area (TPSA) is 39.1 Å². The Bertz CT molecular complexity index is 655. The summed E-state index contributed by atoms with van der Waals surface area (Å²) < 4.78 is 0. The first-order valence-electron chi connectivity index (χ1n) is 9.87. The minimum Gasteiger partial charge on any atom is -0.336 e. The maximum Gasteiger partial charge on any atom is 0.174 e. The monoisotopic (exact) mass is 387 g/mol. The van der Waals surface area contributed by atoms with Crippen molar-refractivity contribution in [2.45, 2.75) is 57.2 Å². The van der Waals surface area contributed by atoms with Crippen LogP contribution in [0.3, 0.4) is 0 Å². The molecule has 1 aromatic carbocycles. The molecule has 0 bridgehead atoms. The van der Waals surface area contributed by atoms with E-state index in [1.54, 1.807) is 0 Å². The van der Waals surface area contributed by atoms with Crippen molar-refractivity contribution in [3.63, 3.8) is 0 Å². The van der Waals surface area contributed by atoms with Crippen molar-refractivity contribution < 1.29 is 0 Å². The number of thioether (sulfide) groups is 1. The van der Waals surface area contributed by atoms with Gasteiger partial charge in [0.05, 0.1) is 17.0 Å². The van der Waals surface area contributed by atoms with Crippen molar-refractivity contribution in [1.82, 2.24) is 4.90 Å².